The van der Waals surface area contributed by atoms with Crippen LogP contribution in [0.3, 0.4) is 0 Å². The van der Waals surface area contributed by atoms with Gasteiger partial charge in [0.15, 0.2) is 0 Å². The molecule has 1 aromatic carbocycles. The molecule has 2 rings (SSSR count). The van der Waals surface area contributed by atoms with Gasteiger partial charge in [-0.15, -0.1) is 11.3 Å². The van der Waals surface area contributed by atoms with E-state index in [4.69, 9.17) is 5.73 Å². The zero-order valence-corrected chi connectivity index (χ0v) is 10.1. The first kappa shape index (κ1) is 11.3. The second kappa shape index (κ2) is 4.00. The van der Waals surface area contributed by atoms with E-state index in [2.05, 4.69) is 11.4 Å². The van der Waals surface area contributed by atoms with Crippen LogP contribution in [0.1, 0.15) is 19.4 Å². The average molecular weight is 235 g/mol. The Labute approximate surface area is 98.7 Å². The Morgan fingerprint density at radius 1 is 1.19 bits per heavy atom. The van der Waals surface area contributed by atoms with Crippen molar-refractivity contribution in [2.24, 2.45) is 5.73 Å². The van der Waals surface area contributed by atoms with Crippen molar-refractivity contribution in [1.29, 1.82) is 0 Å². The van der Waals surface area contributed by atoms with Gasteiger partial charge in [0.2, 0.25) is 0 Å². The van der Waals surface area contributed by atoms with Crippen LogP contribution in [0.2, 0.25) is 0 Å². The summed E-state index contributed by atoms with van der Waals surface area (Å²) in [6.07, 6.45) is 0. The monoisotopic (exact) mass is 235 g/mol. The lowest BCUT2D eigenvalue weighted by Gasteiger charge is -2.16. The Bertz CT molecular complexity index is 479. The SMILES string of the molecule is CC(C)(N)c1csc(-c2ccc(F)cc2)c1. The minimum absolute atomic E-state index is 0.209. The molecule has 0 aliphatic rings. The fourth-order valence-electron chi connectivity index (χ4n) is 1.44. The third-order valence-corrected chi connectivity index (χ3v) is 3.45. The van der Waals surface area contributed by atoms with E-state index in [1.165, 1.54) is 12.1 Å². The van der Waals surface area contributed by atoms with Gasteiger partial charge in [-0.1, -0.05) is 12.1 Å². The predicted molar refractivity (Wildman–Crippen MR) is 66.9 cm³/mol. The molecule has 0 amide bonds. The number of hydrogen-bond donors (Lipinski definition) is 1. The molecule has 84 valence electrons. The van der Waals surface area contributed by atoms with Crippen molar-refractivity contribution in [3.63, 3.8) is 0 Å². The Morgan fingerprint density at radius 2 is 1.81 bits per heavy atom. The summed E-state index contributed by atoms with van der Waals surface area (Å²) in [4.78, 5) is 1.12. The van der Waals surface area contributed by atoms with E-state index < -0.39 is 0 Å². The molecule has 0 radical (unpaired) electrons. The molecule has 2 aromatic rings. The molecule has 2 N–H and O–H groups in total. The molecule has 0 spiro atoms. The summed E-state index contributed by atoms with van der Waals surface area (Å²) >= 11 is 1.63. The van der Waals surface area contributed by atoms with Gasteiger partial charge in [0, 0.05) is 10.4 Å². The fourth-order valence-corrected chi connectivity index (χ4v) is 2.53. The Morgan fingerprint density at radius 3 is 2.31 bits per heavy atom. The normalized spacial score (nSPS) is 11.8. The predicted octanol–water partition coefficient (Wildman–Crippen LogP) is 3.75. The molecular formula is C13H14FNS. The van der Waals surface area contributed by atoms with Gasteiger partial charge in [0.1, 0.15) is 5.82 Å². The van der Waals surface area contributed by atoms with Crippen LogP contribution in [0, 0.1) is 5.82 Å². The molecule has 0 saturated heterocycles. The van der Waals surface area contributed by atoms with Crippen molar-refractivity contribution >= 4 is 11.3 Å². The van der Waals surface area contributed by atoms with Crippen LogP contribution in [0.4, 0.5) is 4.39 Å². The zero-order valence-electron chi connectivity index (χ0n) is 9.33. The minimum atomic E-state index is -0.325. The maximum absolute atomic E-state index is 12.8. The number of thiophene rings is 1. The van der Waals surface area contributed by atoms with E-state index in [0.29, 0.717) is 0 Å². The molecule has 0 fully saturated rings. The molecule has 0 bridgehead atoms. The summed E-state index contributed by atoms with van der Waals surface area (Å²) < 4.78 is 12.8. The maximum Gasteiger partial charge on any atom is 0.123 e. The molecule has 0 aliphatic heterocycles. The first-order valence-corrected chi connectivity index (χ1v) is 5.98. The molecule has 0 unspecified atom stereocenters. The second-order valence-electron chi connectivity index (χ2n) is 4.43. The number of benzene rings is 1. The molecule has 0 aliphatic carbocycles. The van der Waals surface area contributed by atoms with Crippen molar-refractivity contribution in [1.82, 2.24) is 0 Å². The number of nitrogens with two attached hydrogens (primary N) is 1. The lowest BCUT2D eigenvalue weighted by atomic mass is 9.98. The van der Waals surface area contributed by atoms with Crippen molar-refractivity contribution < 1.29 is 4.39 Å². The highest BCUT2D eigenvalue weighted by Gasteiger charge is 2.16. The Hall–Kier alpha value is -1.19. The van der Waals surface area contributed by atoms with Crippen LogP contribution in [-0.2, 0) is 5.54 Å². The Balaban J connectivity index is 2.35. The van der Waals surface area contributed by atoms with Crippen LogP contribution in [-0.4, -0.2) is 0 Å². The van der Waals surface area contributed by atoms with Crippen molar-refractivity contribution in [3.05, 3.63) is 47.1 Å². The van der Waals surface area contributed by atoms with E-state index in [1.54, 1.807) is 23.5 Å². The highest BCUT2D eigenvalue weighted by molar-refractivity contribution is 7.13. The molecule has 3 heteroatoms. The van der Waals surface area contributed by atoms with E-state index in [0.717, 1.165) is 16.0 Å². The summed E-state index contributed by atoms with van der Waals surface area (Å²) in [5.41, 5.74) is 7.83. The lowest BCUT2D eigenvalue weighted by Crippen LogP contribution is -2.27. The standard InChI is InChI=1S/C13H14FNS/c1-13(2,15)10-7-12(16-8-10)9-3-5-11(14)6-4-9/h3-8H,15H2,1-2H3. The topological polar surface area (TPSA) is 26.0 Å². The highest BCUT2D eigenvalue weighted by Crippen LogP contribution is 2.31. The van der Waals surface area contributed by atoms with Gasteiger partial charge in [0.05, 0.1) is 0 Å². The average Bonchev–Trinajstić information content (AvgIpc) is 2.67. The summed E-state index contributed by atoms with van der Waals surface area (Å²) in [7, 11) is 0. The van der Waals surface area contributed by atoms with Crippen LogP contribution < -0.4 is 5.73 Å². The smallest absolute Gasteiger partial charge is 0.123 e. The number of hydrogen-bond acceptors (Lipinski definition) is 2. The van der Waals surface area contributed by atoms with E-state index in [9.17, 15) is 4.39 Å². The van der Waals surface area contributed by atoms with Crippen LogP contribution in [0.5, 0.6) is 0 Å². The third-order valence-electron chi connectivity index (χ3n) is 2.47. The van der Waals surface area contributed by atoms with Crippen molar-refractivity contribution in [2.75, 3.05) is 0 Å². The summed E-state index contributed by atoms with van der Waals surface area (Å²) in [5.74, 6) is -0.209. The van der Waals surface area contributed by atoms with Crippen LogP contribution in [0.15, 0.2) is 35.7 Å². The zero-order chi connectivity index (χ0) is 11.8. The minimum Gasteiger partial charge on any atom is -0.322 e. The molecule has 16 heavy (non-hydrogen) atoms. The molecular weight excluding hydrogens is 221 g/mol. The molecule has 1 aromatic heterocycles. The van der Waals surface area contributed by atoms with Gasteiger partial charge < -0.3 is 5.73 Å². The summed E-state index contributed by atoms with van der Waals surface area (Å²) in [6.45, 7) is 3.95. The fraction of sp³-hybridized carbons (Fsp3) is 0.231. The largest absolute Gasteiger partial charge is 0.322 e. The van der Waals surface area contributed by atoms with E-state index >= 15 is 0 Å². The molecule has 0 saturated carbocycles. The van der Waals surface area contributed by atoms with E-state index in [1.807, 2.05) is 13.8 Å². The summed E-state index contributed by atoms with van der Waals surface area (Å²) in [6, 6.07) is 8.59. The maximum atomic E-state index is 12.8. The van der Waals surface area contributed by atoms with E-state index in [-0.39, 0.29) is 11.4 Å². The van der Waals surface area contributed by atoms with Gasteiger partial charge in [-0.3, -0.25) is 0 Å². The second-order valence-corrected chi connectivity index (χ2v) is 5.34. The van der Waals surface area contributed by atoms with Crippen molar-refractivity contribution in [3.8, 4) is 10.4 Å². The first-order valence-electron chi connectivity index (χ1n) is 5.10. The Kier molecular flexibility index (Phi) is 2.82. The van der Waals surface area contributed by atoms with Gasteiger partial charge in [-0.05, 0) is 48.6 Å². The van der Waals surface area contributed by atoms with Crippen molar-refractivity contribution in [2.45, 2.75) is 19.4 Å². The van der Waals surface area contributed by atoms with Gasteiger partial charge in [-0.2, -0.15) is 0 Å². The number of halogens is 1. The molecule has 1 heterocycles. The lowest BCUT2D eigenvalue weighted by molar-refractivity contribution is 0.557. The van der Waals surface area contributed by atoms with Crippen LogP contribution >= 0.6 is 11.3 Å². The quantitative estimate of drug-likeness (QED) is 0.843. The van der Waals surface area contributed by atoms with Gasteiger partial charge in [0.25, 0.3) is 0 Å². The van der Waals surface area contributed by atoms with Crippen LogP contribution in [0.25, 0.3) is 10.4 Å². The third kappa shape index (κ3) is 2.31. The van der Waals surface area contributed by atoms with Gasteiger partial charge >= 0.3 is 0 Å². The molecule has 0 atom stereocenters. The summed E-state index contributed by atoms with van der Waals surface area (Å²) in [5, 5.41) is 2.05. The first-order chi connectivity index (χ1) is 7.47. The highest BCUT2D eigenvalue weighted by atomic mass is 32.1. The molecule has 1 nitrogen and oxygen atoms in total. The van der Waals surface area contributed by atoms with Gasteiger partial charge in [-0.25, -0.2) is 4.39 Å². The number of rotatable bonds is 2.